The van der Waals surface area contributed by atoms with E-state index in [0.29, 0.717) is 0 Å². The standard InChI is InChI=1S/C18H29N9O5/c1-18(2,3)32-17(31)22-6-7-26(8-11(28)21-5-4-19)12(29)9-27-10-23-13-14(27)24-16(20)25-15(13)30/h10H,4-9,19H2,1-3H3,(H,21,28)(H,22,31)(H3,20,24,25,30). The van der Waals surface area contributed by atoms with E-state index in [1.54, 1.807) is 20.8 Å². The van der Waals surface area contributed by atoms with Gasteiger partial charge in [0.15, 0.2) is 11.2 Å². The third-order valence-electron chi connectivity index (χ3n) is 4.00. The molecule has 32 heavy (non-hydrogen) atoms. The van der Waals surface area contributed by atoms with Gasteiger partial charge in [-0.25, -0.2) is 9.78 Å². The highest BCUT2D eigenvalue weighted by Crippen LogP contribution is 2.08. The average Bonchev–Trinajstić information content (AvgIpc) is 3.07. The van der Waals surface area contributed by atoms with Gasteiger partial charge in [0.1, 0.15) is 12.1 Å². The van der Waals surface area contributed by atoms with E-state index < -0.39 is 29.1 Å². The predicted molar refractivity (Wildman–Crippen MR) is 115 cm³/mol. The minimum Gasteiger partial charge on any atom is -0.444 e. The van der Waals surface area contributed by atoms with E-state index in [4.69, 9.17) is 16.2 Å². The molecule has 2 heterocycles. The van der Waals surface area contributed by atoms with Gasteiger partial charge in [0, 0.05) is 26.2 Å². The van der Waals surface area contributed by atoms with Gasteiger partial charge in [0.2, 0.25) is 17.8 Å². The Hall–Kier alpha value is -3.68. The molecule has 0 aliphatic rings. The Labute approximate surface area is 183 Å². The second-order valence-corrected chi connectivity index (χ2v) is 7.88. The van der Waals surface area contributed by atoms with Crippen LogP contribution in [0.25, 0.3) is 11.2 Å². The number of aromatic amines is 1. The Balaban J connectivity index is 2.10. The van der Waals surface area contributed by atoms with E-state index in [0.717, 1.165) is 0 Å². The number of carbonyl (C=O) groups is 3. The molecule has 14 nitrogen and oxygen atoms in total. The summed E-state index contributed by atoms with van der Waals surface area (Å²) in [4.78, 5) is 60.4. The van der Waals surface area contributed by atoms with Gasteiger partial charge in [-0.05, 0) is 20.8 Å². The molecular weight excluding hydrogens is 422 g/mol. The van der Waals surface area contributed by atoms with Crippen molar-refractivity contribution in [2.75, 3.05) is 38.5 Å². The van der Waals surface area contributed by atoms with Crippen LogP contribution in [0.3, 0.4) is 0 Å². The van der Waals surface area contributed by atoms with E-state index in [-0.39, 0.29) is 56.4 Å². The molecule has 0 bridgehead atoms. The molecule has 0 unspecified atom stereocenters. The van der Waals surface area contributed by atoms with Crippen molar-refractivity contribution in [1.82, 2.24) is 35.1 Å². The quantitative estimate of drug-likeness (QED) is 0.289. The fourth-order valence-corrected chi connectivity index (χ4v) is 2.67. The first-order chi connectivity index (χ1) is 15.0. The number of H-pyrrole nitrogens is 1. The highest BCUT2D eigenvalue weighted by molar-refractivity contribution is 5.85. The van der Waals surface area contributed by atoms with Crippen molar-refractivity contribution in [2.45, 2.75) is 32.9 Å². The molecule has 3 amide bonds. The number of nitrogens with zero attached hydrogens (tertiary/aromatic N) is 4. The van der Waals surface area contributed by atoms with Crippen LogP contribution in [0.2, 0.25) is 0 Å². The number of imidazole rings is 1. The monoisotopic (exact) mass is 451 g/mol. The zero-order valence-corrected chi connectivity index (χ0v) is 18.3. The molecule has 0 radical (unpaired) electrons. The van der Waals surface area contributed by atoms with Crippen LogP contribution in [-0.4, -0.2) is 80.7 Å². The molecule has 176 valence electrons. The van der Waals surface area contributed by atoms with Crippen LogP contribution in [0, 0.1) is 0 Å². The summed E-state index contributed by atoms with van der Waals surface area (Å²) in [5.74, 6) is -0.981. The number of hydrogen-bond donors (Lipinski definition) is 5. The lowest BCUT2D eigenvalue weighted by Crippen LogP contribution is -2.46. The van der Waals surface area contributed by atoms with Gasteiger partial charge in [-0.3, -0.25) is 19.4 Å². The number of fused-ring (bicyclic) bond motifs is 1. The summed E-state index contributed by atoms with van der Waals surface area (Å²) in [6, 6.07) is 0. The van der Waals surface area contributed by atoms with E-state index in [9.17, 15) is 19.2 Å². The summed E-state index contributed by atoms with van der Waals surface area (Å²) in [5.41, 5.74) is 9.93. The Morgan fingerprint density at radius 3 is 2.62 bits per heavy atom. The van der Waals surface area contributed by atoms with Gasteiger partial charge >= 0.3 is 6.09 Å². The zero-order valence-electron chi connectivity index (χ0n) is 18.3. The minimum absolute atomic E-state index is 0.0332. The normalized spacial score (nSPS) is 11.2. The number of nitrogen functional groups attached to an aromatic ring is 1. The minimum atomic E-state index is -0.670. The molecule has 0 atom stereocenters. The van der Waals surface area contributed by atoms with Crippen molar-refractivity contribution in [3.8, 4) is 0 Å². The number of hydrogen-bond acceptors (Lipinski definition) is 9. The number of rotatable bonds is 9. The molecule has 14 heteroatoms. The highest BCUT2D eigenvalue weighted by atomic mass is 16.6. The predicted octanol–water partition coefficient (Wildman–Crippen LogP) is -1.87. The summed E-state index contributed by atoms with van der Waals surface area (Å²) in [6.45, 7) is 5.29. The molecule has 0 spiro atoms. The number of amides is 3. The number of carbonyl (C=O) groups excluding carboxylic acids is 3. The molecular formula is C18H29N9O5. The van der Waals surface area contributed by atoms with Gasteiger partial charge in [0.05, 0.1) is 12.9 Å². The Morgan fingerprint density at radius 1 is 1.25 bits per heavy atom. The second kappa shape index (κ2) is 10.6. The first-order valence-electron chi connectivity index (χ1n) is 9.92. The van der Waals surface area contributed by atoms with Crippen molar-refractivity contribution in [1.29, 1.82) is 0 Å². The summed E-state index contributed by atoms with van der Waals surface area (Å²) < 4.78 is 6.51. The SMILES string of the molecule is CC(C)(C)OC(=O)NCCN(CC(=O)NCCN)C(=O)Cn1cnc2c(=O)[nH]c(N)nc21. The molecule has 0 saturated carbocycles. The summed E-state index contributed by atoms with van der Waals surface area (Å²) in [7, 11) is 0. The molecule has 2 aromatic rings. The summed E-state index contributed by atoms with van der Waals surface area (Å²) >= 11 is 0. The van der Waals surface area contributed by atoms with Crippen molar-refractivity contribution >= 4 is 35.0 Å². The molecule has 0 aliphatic carbocycles. The molecule has 2 rings (SSSR count). The van der Waals surface area contributed by atoms with E-state index in [1.807, 2.05) is 0 Å². The van der Waals surface area contributed by atoms with E-state index in [1.165, 1.54) is 15.8 Å². The average molecular weight is 451 g/mol. The maximum Gasteiger partial charge on any atom is 0.407 e. The number of anilines is 1. The Kier molecular flexibility index (Phi) is 8.12. The van der Waals surface area contributed by atoms with Gasteiger partial charge < -0.3 is 36.3 Å². The molecule has 0 fully saturated rings. The van der Waals surface area contributed by atoms with Crippen LogP contribution < -0.4 is 27.7 Å². The van der Waals surface area contributed by atoms with Crippen molar-refractivity contribution < 1.29 is 19.1 Å². The molecule has 0 saturated heterocycles. The lowest BCUT2D eigenvalue weighted by Gasteiger charge is -2.24. The maximum absolute atomic E-state index is 12.9. The maximum atomic E-state index is 12.9. The Bertz CT molecular complexity index is 1020. The van der Waals surface area contributed by atoms with Crippen molar-refractivity contribution in [3.05, 3.63) is 16.7 Å². The lowest BCUT2D eigenvalue weighted by atomic mass is 10.2. The largest absolute Gasteiger partial charge is 0.444 e. The number of nitrogens with one attached hydrogen (secondary N) is 3. The molecule has 2 aromatic heterocycles. The lowest BCUT2D eigenvalue weighted by molar-refractivity contribution is -0.136. The van der Waals surface area contributed by atoms with Gasteiger partial charge in [-0.2, -0.15) is 4.98 Å². The zero-order chi connectivity index (χ0) is 23.9. The molecule has 0 aliphatic heterocycles. The summed E-state index contributed by atoms with van der Waals surface area (Å²) in [5, 5.41) is 5.13. The van der Waals surface area contributed by atoms with Crippen LogP contribution in [0.4, 0.5) is 10.7 Å². The fourth-order valence-electron chi connectivity index (χ4n) is 2.67. The smallest absolute Gasteiger partial charge is 0.407 e. The number of nitrogens with two attached hydrogens (primary N) is 2. The van der Waals surface area contributed by atoms with Crippen LogP contribution in [0.1, 0.15) is 20.8 Å². The van der Waals surface area contributed by atoms with Crippen LogP contribution in [0.15, 0.2) is 11.1 Å². The van der Waals surface area contributed by atoms with Gasteiger partial charge in [0.25, 0.3) is 5.56 Å². The number of alkyl carbamates (subject to hydrolysis) is 1. The van der Waals surface area contributed by atoms with Crippen molar-refractivity contribution in [3.63, 3.8) is 0 Å². The fraction of sp³-hybridized carbons (Fsp3) is 0.556. The second-order valence-electron chi connectivity index (χ2n) is 7.88. The van der Waals surface area contributed by atoms with Crippen molar-refractivity contribution in [2.24, 2.45) is 5.73 Å². The Morgan fingerprint density at radius 2 is 1.97 bits per heavy atom. The first-order valence-corrected chi connectivity index (χ1v) is 9.92. The van der Waals surface area contributed by atoms with Crippen LogP contribution >= 0.6 is 0 Å². The van der Waals surface area contributed by atoms with E-state index >= 15 is 0 Å². The van der Waals surface area contributed by atoms with Crippen LogP contribution in [-0.2, 0) is 20.9 Å². The van der Waals surface area contributed by atoms with Gasteiger partial charge in [-0.1, -0.05) is 0 Å². The van der Waals surface area contributed by atoms with Crippen LogP contribution in [0.5, 0.6) is 0 Å². The topological polar surface area (TPSA) is 203 Å². The highest BCUT2D eigenvalue weighted by Gasteiger charge is 2.21. The third-order valence-corrected chi connectivity index (χ3v) is 4.00. The third kappa shape index (κ3) is 7.23. The first kappa shape index (κ1) is 24.6. The van der Waals surface area contributed by atoms with E-state index in [2.05, 4.69) is 25.6 Å². The number of aromatic nitrogens is 4. The summed E-state index contributed by atoms with van der Waals surface area (Å²) in [6.07, 6.45) is 0.646. The number of ether oxygens (including phenoxy) is 1. The molecule has 0 aromatic carbocycles. The van der Waals surface area contributed by atoms with Gasteiger partial charge in [-0.15, -0.1) is 0 Å². The molecule has 7 N–H and O–H groups in total.